The monoisotopic (exact) mass is 341 g/mol. The summed E-state index contributed by atoms with van der Waals surface area (Å²) in [6.07, 6.45) is -5.49. The molecule has 0 radical (unpaired) electrons. The van der Waals surface area contributed by atoms with Gasteiger partial charge in [-0.2, -0.15) is 0 Å². The molecule has 1 aromatic rings. The first-order chi connectivity index (χ1) is 11.4. The fourth-order valence-electron chi connectivity index (χ4n) is 2.41. The van der Waals surface area contributed by atoms with E-state index in [4.69, 9.17) is 14.6 Å². The first-order valence-electron chi connectivity index (χ1n) is 7.71. The standard InChI is InChI=1S/C16H23NO7/c1-9-2-4-10(5-3-9)23-7-6-12(19)17-13-15(21)14(20)11(8-18)24-16(13)22/h2-5,11,13-16,18,20-22H,6-8H2,1H3,(H,17,19)/t11-,13?,14?,15-,16?/m1/s1. The Labute approximate surface area is 139 Å². The third kappa shape index (κ3) is 4.65. The van der Waals surface area contributed by atoms with E-state index in [1.165, 1.54) is 0 Å². The van der Waals surface area contributed by atoms with Crippen molar-refractivity contribution in [2.45, 2.75) is 44.0 Å². The quantitative estimate of drug-likeness (QED) is 0.434. The van der Waals surface area contributed by atoms with Crippen LogP contribution in [-0.4, -0.2) is 70.2 Å². The highest BCUT2D eigenvalue weighted by molar-refractivity contribution is 5.76. The lowest BCUT2D eigenvalue weighted by atomic mass is 9.97. The number of rotatable bonds is 6. The van der Waals surface area contributed by atoms with Crippen molar-refractivity contribution in [3.05, 3.63) is 29.8 Å². The highest BCUT2D eigenvalue weighted by atomic mass is 16.6. The predicted octanol–water partition coefficient (Wildman–Crippen LogP) is -1.32. The van der Waals surface area contributed by atoms with Gasteiger partial charge >= 0.3 is 0 Å². The Morgan fingerprint density at radius 3 is 2.50 bits per heavy atom. The summed E-state index contributed by atoms with van der Waals surface area (Å²) in [4.78, 5) is 11.9. The molecule has 1 aromatic carbocycles. The summed E-state index contributed by atoms with van der Waals surface area (Å²) >= 11 is 0. The molecule has 134 valence electrons. The van der Waals surface area contributed by atoms with Gasteiger partial charge in [0.15, 0.2) is 6.29 Å². The molecule has 5 N–H and O–H groups in total. The summed E-state index contributed by atoms with van der Waals surface area (Å²) in [6.45, 7) is 1.52. The molecule has 1 aliphatic heterocycles. The van der Waals surface area contributed by atoms with E-state index in [2.05, 4.69) is 5.32 Å². The molecule has 1 amide bonds. The average molecular weight is 341 g/mol. The molecule has 3 unspecified atom stereocenters. The molecular weight excluding hydrogens is 318 g/mol. The minimum Gasteiger partial charge on any atom is -0.493 e. The van der Waals surface area contributed by atoms with Crippen molar-refractivity contribution in [3.8, 4) is 5.75 Å². The van der Waals surface area contributed by atoms with E-state index < -0.39 is 43.2 Å². The topological polar surface area (TPSA) is 128 Å². The van der Waals surface area contributed by atoms with E-state index in [9.17, 15) is 20.1 Å². The predicted molar refractivity (Wildman–Crippen MR) is 83.2 cm³/mol. The van der Waals surface area contributed by atoms with Crippen LogP contribution >= 0.6 is 0 Å². The molecule has 0 spiro atoms. The molecule has 2 rings (SSSR count). The first-order valence-corrected chi connectivity index (χ1v) is 7.71. The van der Waals surface area contributed by atoms with E-state index in [-0.39, 0.29) is 13.0 Å². The molecule has 8 nitrogen and oxygen atoms in total. The molecule has 0 aromatic heterocycles. The van der Waals surface area contributed by atoms with Gasteiger partial charge in [0.2, 0.25) is 5.91 Å². The first kappa shape index (κ1) is 18.6. The fraction of sp³-hybridized carbons (Fsp3) is 0.562. The van der Waals surface area contributed by atoms with Crippen molar-refractivity contribution in [3.63, 3.8) is 0 Å². The van der Waals surface area contributed by atoms with Crippen LogP contribution in [0.3, 0.4) is 0 Å². The van der Waals surface area contributed by atoms with Crippen LogP contribution in [0.2, 0.25) is 0 Å². The number of nitrogens with one attached hydrogen (secondary N) is 1. The van der Waals surface area contributed by atoms with Crippen LogP contribution in [0.1, 0.15) is 12.0 Å². The van der Waals surface area contributed by atoms with Crippen LogP contribution < -0.4 is 10.1 Å². The number of aliphatic hydroxyl groups is 4. The minimum absolute atomic E-state index is 0.00331. The van der Waals surface area contributed by atoms with E-state index in [0.29, 0.717) is 5.75 Å². The van der Waals surface area contributed by atoms with Gasteiger partial charge in [0.25, 0.3) is 0 Å². The Morgan fingerprint density at radius 1 is 1.21 bits per heavy atom. The number of hydrogen-bond acceptors (Lipinski definition) is 7. The number of carbonyl (C=O) groups is 1. The minimum atomic E-state index is -1.53. The maximum atomic E-state index is 11.9. The van der Waals surface area contributed by atoms with Crippen molar-refractivity contribution >= 4 is 5.91 Å². The van der Waals surface area contributed by atoms with Crippen molar-refractivity contribution in [2.75, 3.05) is 13.2 Å². The zero-order chi connectivity index (χ0) is 17.7. The molecule has 8 heteroatoms. The van der Waals surface area contributed by atoms with E-state index in [1.807, 2.05) is 19.1 Å². The molecular formula is C16H23NO7. The lowest BCUT2D eigenvalue weighted by molar-refractivity contribution is -0.253. The van der Waals surface area contributed by atoms with Crippen LogP contribution in [0, 0.1) is 6.92 Å². The number of hydrogen-bond donors (Lipinski definition) is 5. The molecule has 1 fully saturated rings. The molecule has 5 atom stereocenters. The van der Waals surface area contributed by atoms with E-state index in [0.717, 1.165) is 5.56 Å². The number of ether oxygens (including phenoxy) is 2. The van der Waals surface area contributed by atoms with Crippen LogP contribution in [0.15, 0.2) is 24.3 Å². The van der Waals surface area contributed by atoms with Gasteiger partial charge in [0, 0.05) is 0 Å². The lowest BCUT2D eigenvalue weighted by Gasteiger charge is -2.40. The molecule has 0 saturated carbocycles. The lowest BCUT2D eigenvalue weighted by Crippen LogP contribution is -2.64. The normalized spacial score (nSPS) is 30.0. The molecule has 0 aliphatic carbocycles. The van der Waals surface area contributed by atoms with Crippen molar-refractivity contribution < 1.29 is 34.7 Å². The van der Waals surface area contributed by atoms with Crippen molar-refractivity contribution in [1.29, 1.82) is 0 Å². The van der Waals surface area contributed by atoms with Gasteiger partial charge in [-0.05, 0) is 19.1 Å². The maximum Gasteiger partial charge on any atom is 0.223 e. The Balaban J connectivity index is 1.80. The number of amides is 1. The second kappa shape index (κ2) is 8.41. The van der Waals surface area contributed by atoms with Gasteiger partial charge in [-0.3, -0.25) is 4.79 Å². The Hall–Kier alpha value is -1.71. The second-order valence-corrected chi connectivity index (χ2v) is 5.73. The summed E-state index contributed by atoms with van der Waals surface area (Å²) in [5, 5.41) is 40.9. The summed E-state index contributed by atoms with van der Waals surface area (Å²) in [6, 6.07) is 6.18. The Bertz CT molecular complexity index is 536. The number of benzene rings is 1. The van der Waals surface area contributed by atoms with Crippen molar-refractivity contribution in [2.24, 2.45) is 0 Å². The van der Waals surface area contributed by atoms with Crippen LogP contribution in [0.5, 0.6) is 5.75 Å². The van der Waals surface area contributed by atoms with Crippen LogP contribution in [0.4, 0.5) is 0 Å². The SMILES string of the molecule is Cc1ccc(OCCC(=O)NC2C(O)O[C@H](CO)C(O)[C@@H]2O)cc1. The molecule has 1 aliphatic rings. The highest BCUT2D eigenvalue weighted by Gasteiger charge is 2.44. The summed E-state index contributed by atoms with van der Waals surface area (Å²) < 4.78 is 10.4. The van der Waals surface area contributed by atoms with Gasteiger partial charge in [-0.1, -0.05) is 17.7 Å². The molecule has 0 bridgehead atoms. The smallest absolute Gasteiger partial charge is 0.223 e. The molecule has 1 saturated heterocycles. The third-order valence-corrected chi connectivity index (χ3v) is 3.85. The maximum absolute atomic E-state index is 11.9. The third-order valence-electron chi connectivity index (χ3n) is 3.85. The molecule has 24 heavy (non-hydrogen) atoms. The number of aliphatic hydroxyl groups excluding tert-OH is 4. The molecule has 1 heterocycles. The van der Waals surface area contributed by atoms with Gasteiger partial charge in [-0.25, -0.2) is 0 Å². The summed E-state index contributed by atoms with van der Waals surface area (Å²) in [5.74, 6) is 0.166. The second-order valence-electron chi connectivity index (χ2n) is 5.73. The Morgan fingerprint density at radius 2 is 1.88 bits per heavy atom. The fourth-order valence-corrected chi connectivity index (χ4v) is 2.41. The largest absolute Gasteiger partial charge is 0.493 e. The van der Waals surface area contributed by atoms with Gasteiger partial charge < -0.3 is 35.2 Å². The summed E-state index contributed by atoms with van der Waals surface area (Å²) in [7, 11) is 0. The van der Waals surface area contributed by atoms with Crippen molar-refractivity contribution in [1.82, 2.24) is 5.32 Å². The zero-order valence-electron chi connectivity index (χ0n) is 13.3. The zero-order valence-corrected chi connectivity index (χ0v) is 13.3. The number of aryl methyl sites for hydroxylation is 1. The van der Waals surface area contributed by atoms with Gasteiger partial charge in [0.1, 0.15) is 30.1 Å². The summed E-state index contributed by atoms with van der Waals surface area (Å²) in [5.41, 5.74) is 1.10. The van der Waals surface area contributed by atoms with Gasteiger partial charge in [-0.15, -0.1) is 0 Å². The van der Waals surface area contributed by atoms with Crippen LogP contribution in [-0.2, 0) is 9.53 Å². The average Bonchev–Trinajstić information content (AvgIpc) is 2.56. The van der Waals surface area contributed by atoms with E-state index >= 15 is 0 Å². The Kier molecular flexibility index (Phi) is 6.52. The van der Waals surface area contributed by atoms with Crippen LogP contribution in [0.25, 0.3) is 0 Å². The van der Waals surface area contributed by atoms with Gasteiger partial charge in [0.05, 0.1) is 19.6 Å². The highest BCUT2D eigenvalue weighted by Crippen LogP contribution is 2.19. The van der Waals surface area contributed by atoms with E-state index in [1.54, 1.807) is 12.1 Å². The number of carbonyl (C=O) groups excluding carboxylic acids is 1.